The van der Waals surface area contributed by atoms with E-state index in [-0.39, 0.29) is 0 Å². The third-order valence-corrected chi connectivity index (χ3v) is 5.77. The Morgan fingerprint density at radius 1 is 0.571 bits per heavy atom. The Kier molecular flexibility index (Phi) is 4.46. The molecule has 1 N–H and O–H groups in total. The molecule has 0 aliphatic rings. The van der Waals surface area contributed by atoms with Crippen LogP contribution in [0.1, 0.15) is 0 Å². The molecule has 0 saturated heterocycles. The van der Waals surface area contributed by atoms with E-state index in [2.05, 4.69) is 127 Å². The molecule has 2 nitrogen and oxygen atoms in total. The van der Waals surface area contributed by atoms with Crippen molar-refractivity contribution < 1.29 is 0 Å². The zero-order chi connectivity index (χ0) is 19.1. The molecule has 0 aliphatic carbocycles. The van der Waals surface area contributed by atoms with Gasteiger partial charge in [-0.2, -0.15) is 0 Å². The molecule has 0 fully saturated rings. The fourth-order valence-electron chi connectivity index (χ4n) is 3.69. The minimum Gasteiger partial charge on any atom is -0.355 e. The van der Waals surface area contributed by atoms with Gasteiger partial charge in [-0.05, 0) is 54.6 Å². The summed E-state index contributed by atoms with van der Waals surface area (Å²) in [7, 11) is 0. The van der Waals surface area contributed by atoms with Gasteiger partial charge in [-0.1, -0.05) is 68.3 Å². The van der Waals surface area contributed by atoms with Crippen molar-refractivity contribution in [3.8, 4) is 5.69 Å². The summed E-state index contributed by atoms with van der Waals surface area (Å²) in [6.45, 7) is 0. The zero-order valence-electron chi connectivity index (χ0n) is 14.9. The van der Waals surface area contributed by atoms with Crippen LogP contribution in [0.5, 0.6) is 0 Å². The zero-order valence-corrected chi connectivity index (χ0v) is 18.0. The van der Waals surface area contributed by atoms with E-state index in [1.807, 2.05) is 6.07 Å². The van der Waals surface area contributed by atoms with Crippen LogP contribution in [0.4, 0.5) is 11.4 Å². The lowest BCUT2D eigenvalue weighted by molar-refractivity contribution is 1.18. The van der Waals surface area contributed by atoms with Crippen molar-refractivity contribution in [2.45, 2.75) is 0 Å². The summed E-state index contributed by atoms with van der Waals surface area (Å²) in [6, 6.07) is 31.8. The summed E-state index contributed by atoms with van der Waals surface area (Å²) in [4.78, 5) is 0. The minimum absolute atomic E-state index is 1.03. The molecule has 136 valence electrons. The molecule has 0 spiro atoms. The standard InChI is InChI=1S/C24H16Br2N2/c25-16-13-17(26)15-19(14-16)27-18-9-11-20(12-10-18)28-23-7-3-1-5-21(23)22-6-2-4-8-24(22)28/h1-15,27H. The number of hydrogen-bond acceptors (Lipinski definition) is 1. The van der Waals surface area contributed by atoms with Crippen LogP contribution < -0.4 is 5.32 Å². The van der Waals surface area contributed by atoms with E-state index in [0.29, 0.717) is 0 Å². The Bertz CT molecular complexity index is 1230. The van der Waals surface area contributed by atoms with Crippen molar-refractivity contribution in [1.82, 2.24) is 4.57 Å². The number of nitrogens with one attached hydrogen (secondary N) is 1. The summed E-state index contributed by atoms with van der Waals surface area (Å²) in [5.74, 6) is 0. The Morgan fingerprint density at radius 3 is 1.68 bits per heavy atom. The van der Waals surface area contributed by atoms with Gasteiger partial charge in [0.05, 0.1) is 11.0 Å². The first-order chi connectivity index (χ1) is 13.7. The number of hydrogen-bond donors (Lipinski definition) is 1. The fraction of sp³-hybridized carbons (Fsp3) is 0. The molecular weight excluding hydrogens is 476 g/mol. The lowest BCUT2D eigenvalue weighted by Gasteiger charge is -2.11. The summed E-state index contributed by atoms with van der Waals surface area (Å²) >= 11 is 7.07. The Labute approximate surface area is 180 Å². The van der Waals surface area contributed by atoms with Crippen LogP contribution in [0.25, 0.3) is 27.5 Å². The van der Waals surface area contributed by atoms with E-state index in [1.54, 1.807) is 0 Å². The highest BCUT2D eigenvalue weighted by atomic mass is 79.9. The Balaban J connectivity index is 1.57. The van der Waals surface area contributed by atoms with Gasteiger partial charge in [0, 0.05) is 36.8 Å². The predicted octanol–water partition coefficient (Wildman–Crippen LogP) is 8.05. The van der Waals surface area contributed by atoms with E-state index in [4.69, 9.17) is 0 Å². The maximum atomic E-state index is 3.54. The molecule has 5 aromatic rings. The van der Waals surface area contributed by atoms with Gasteiger partial charge in [-0.3, -0.25) is 0 Å². The van der Waals surface area contributed by atoms with Crippen molar-refractivity contribution >= 4 is 65.0 Å². The van der Waals surface area contributed by atoms with Crippen LogP contribution in [0.2, 0.25) is 0 Å². The molecule has 0 radical (unpaired) electrons. The number of fused-ring (bicyclic) bond motifs is 3. The summed E-state index contributed by atoms with van der Waals surface area (Å²) in [5.41, 5.74) is 5.68. The SMILES string of the molecule is Brc1cc(Br)cc(Nc2ccc(-n3c4ccccc4c4ccccc43)cc2)c1. The molecule has 0 saturated carbocycles. The number of para-hydroxylation sites is 2. The van der Waals surface area contributed by atoms with Crippen molar-refractivity contribution in [2.24, 2.45) is 0 Å². The van der Waals surface area contributed by atoms with E-state index in [0.717, 1.165) is 26.0 Å². The number of rotatable bonds is 3. The lowest BCUT2D eigenvalue weighted by atomic mass is 10.2. The number of aromatic nitrogens is 1. The second-order valence-electron chi connectivity index (χ2n) is 6.70. The van der Waals surface area contributed by atoms with Crippen LogP contribution in [0.3, 0.4) is 0 Å². The van der Waals surface area contributed by atoms with Crippen molar-refractivity contribution in [2.75, 3.05) is 5.32 Å². The molecule has 4 heteroatoms. The van der Waals surface area contributed by atoms with Gasteiger partial charge in [0.2, 0.25) is 0 Å². The van der Waals surface area contributed by atoms with Crippen molar-refractivity contribution in [1.29, 1.82) is 0 Å². The number of anilines is 2. The van der Waals surface area contributed by atoms with E-state index < -0.39 is 0 Å². The van der Waals surface area contributed by atoms with Crippen molar-refractivity contribution in [3.63, 3.8) is 0 Å². The largest absolute Gasteiger partial charge is 0.355 e. The first kappa shape index (κ1) is 17.5. The molecule has 28 heavy (non-hydrogen) atoms. The third-order valence-electron chi connectivity index (χ3n) is 4.86. The maximum Gasteiger partial charge on any atom is 0.0541 e. The van der Waals surface area contributed by atoms with Gasteiger partial charge >= 0.3 is 0 Å². The van der Waals surface area contributed by atoms with Gasteiger partial charge < -0.3 is 9.88 Å². The van der Waals surface area contributed by atoms with Gasteiger partial charge in [-0.15, -0.1) is 0 Å². The second kappa shape index (κ2) is 7.12. The third kappa shape index (κ3) is 3.13. The normalized spacial score (nSPS) is 11.2. The molecule has 1 aromatic heterocycles. The molecule has 0 amide bonds. The summed E-state index contributed by atoms with van der Waals surface area (Å²) in [5, 5.41) is 6.02. The maximum absolute atomic E-state index is 3.54. The highest BCUT2D eigenvalue weighted by molar-refractivity contribution is 9.11. The first-order valence-electron chi connectivity index (χ1n) is 9.01. The van der Waals surface area contributed by atoms with Crippen LogP contribution in [0, 0.1) is 0 Å². The molecule has 0 unspecified atom stereocenters. The van der Waals surface area contributed by atoms with E-state index >= 15 is 0 Å². The molecular formula is C24H16Br2N2. The average molecular weight is 492 g/mol. The molecule has 0 aliphatic heterocycles. The fourth-order valence-corrected chi connectivity index (χ4v) is 4.98. The molecule has 0 atom stereocenters. The minimum atomic E-state index is 1.03. The van der Waals surface area contributed by atoms with Gasteiger partial charge in [-0.25, -0.2) is 0 Å². The topological polar surface area (TPSA) is 17.0 Å². The quantitative estimate of drug-likeness (QED) is 0.270. The van der Waals surface area contributed by atoms with Crippen molar-refractivity contribution in [3.05, 3.63) is 99.9 Å². The van der Waals surface area contributed by atoms with E-state index in [1.165, 1.54) is 21.8 Å². The number of halogens is 2. The van der Waals surface area contributed by atoms with Crippen LogP contribution in [0.15, 0.2) is 99.9 Å². The lowest BCUT2D eigenvalue weighted by Crippen LogP contribution is -1.95. The van der Waals surface area contributed by atoms with Crippen LogP contribution in [-0.4, -0.2) is 4.57 Å². The highest BCUT2D eigenvalue weighted by Gasteiger charge is 2.11. The van der Waals surface area contributed by atoms with Gasteiger partial charge in [0.15, 0.2) is 0 Å². The van der Waals surface area contributed by atoms with Crippen LogP contribution in [-0.2, 0) is 0 Å². The molecule has 0 bridgehead atoms. The number of benzene rings is 4. The first-order valence-corrected chi connectivity index (χ1v) is 10.6. The average Bonchev–Trinajstić information content (AvgIpc) is 3.03. The predicted molar refractivity (Wildman–Crippen MR) is 126 cm³/mol. The Morgan fingerprint density at radius 2 is 1.11 bits per heavy atom. The monoisotopic (exact) mass is 490 g/mol. The summed E-state index contributed by atoms with van der Waals surface area (Å²) in [6.07, 6.45) is 0. The molecule has 5 rings (SSSR count). The molecule has 1 heterocycles. The number of nitrogens with zero attached hydrogens (tertiary/aromatic N) is 1. The Hall–Kier alpha value is -2.56. The molecule has 4 aromatic carbocycles. The summed E-state index contributed by atoms with van der Waals surface area (Å²) < 4.78 is 4.39. The van der Waals surface area contributed by atoms with E-state index in [9.17, 15) is 0 Å². The second-order valence-corrected chi connectivity index (χ2v) is 8.53. The van der Waals surface area contributed by atoms with Crippen LogP contribution >= 0.6 is 31.9 Å². The van der Waals surface area contributed by atoms with Gasteiger partial charge in [0.25, 0.3) is 0 Å². The van der Waals surface area contributed by atoms with Gasteiger partial charge in [0.1, 0.15) is 0 Å². The highest BCUT2D eigenvalue weighted by Crippen LogP contribution is 2.32. The smallest absolute Gasteiger partial charge is 0.0541 e.